The van der Waals surface area contributed by atoms with Gasteiger partial charge in [0.05, 0.1) is 24.9 Å². The maximum atomic E-state index is 14.0. The number of ether oxygens (including phenoxy) is 1. The highest BCUT2D eigenvalue weighted by molar-refractivity contribution is 5.97. The van der Waals surface area contributed by atoms with E-state index in [1.54, 1.807) is 16.7 Å². The molecule has 0 aliphatic rings. The van der Waals surface area contributed by atoms with Gasteiger partial charge in [0.25, 0.3) is 5.91 Å². The number of benzene rings is 1. The summed E-state index contributed by atoms with van der Waals surface area (Å²) in [6, 6.07) is 7.23. The lowest BCUT2D eigenvalue weighted by Crippen LogP contribution is -2.29. The van der Waals surface area contributed by atoms with Crippen molar-refractivity contribution in [2.45, 2.75) is 6.54 Å². The van der Waals surface area contributed by atoms with Crippen LogP contribution in [-0.2, 0) is 11.3 Å². The Morgan fingerprint density at radius 1 is 1.33 bits per heavy atom. The topological polar surface area (TPSA) is 56.4 Å². The Hall–Kier alpha value is -2.67. The molecule has 7 heteroatoms. The fourth-order valence-corrected chi connectivity index (χ4v) is 2.53. The number of furan rings is 1. The molecule has 0 fully saturated rings. The van der Waals surface area contributed by atoms with E-state index in [1.165, 1.54) is 25.5 Å². The molecule has 0 aliphatic carbocycles. The Balaban J connectivity index is 1.96. The number of nitrogens with zero attached hydrogens (tertiary/aromatic N) is 1. The molecule has 0 saturated carbocycles. The molecule has 5 nitrogen and oxygen atoms in total. The van der Waals surface area contributed by atoms with Crippen molar-refractivity contribution in [2.75, 3.05) is 20.3 Å². The molecule has 1 amide bonds. The van der Waals surface area contributed by atoms with Gasteiger partial charge < -0.3 is 19.0 Å². The van der Waals surface area contributed by atoms with E-state index in [-0.39, 0.29) is 18.0 Å². The molecule has 0 bridgehead atoms. The lowest BCUT2D eigenvalue weighted by molar-refractivity contribution is 0.0928. The normalized spacial score (nSPS) is 11.1. The summed E-state index contributed by atoms with van der Waals surface area (Å²) in [5.41, 5.74) is 1.60. The van der Waals surface area contributed by atoms with Gasteiger partial charge in [-0.15, -0.1) is 0 Å². The summed E-state index contributed by atoms with van der Waals surface area (Å²) >= 11 is 0. The molecule has 2 heterocycles. The molecule has 0 spiro atoms. The molecular formula is C17H16F2N2O3. The standard InChI is InChI=1S/C17H16F2N2O3/c1-23-8-6-20-17(22)14-9-15-13(5-7-24-15)21(14)10-11-3-2-4-12(18)16(11)19/h2-5,7,9H,6,8,10H2,1H3,(H,20,22). The van der Waals surface area contributed by atoms with Gasteiger partial charge in [0.2, 0.25) is 0 Å². The van der Waals surface area contributed by atoms with Crippen LogP contribution in [0.1, 0.15) is 16.1 Å². The number of rotatable bonds is 6. The third kappa shape index (κ3) is 3.03. The van der Waals surface area contributed by atoms with Gasteiger partial charge >= 0.3 is 0 Å². The van der Waals surface area contributed by atoms with Gasteiger partial charge in [-0.2, -0.15) is 0 Å². The molecule has 2 aromatic heterocycles. The number of carbonyl (C=O) groups is 1. The third-order valence-electron chi connectivity index (χ3n) is 3.71. The molecule has 3 aromatic rings. The molecule has 1 aromatic carbocycles. The predicted molar refractivity (Wildman–Crippen MR) is 83.9 cm³/mol. The van der Waals surface area contributed by atoms with Gasteiger partial charge in [0, 0.05) is 31.4 Å². The highest BCUT2D eigenvalue weighted by atomic mass is 19.2. The van der Waals surface area contributed by atoms with E-state index < -0.39 is 11.6 Å². The molecule has 0 radical (unpaired) electrons. The van der Waals surface area contributed by atoms with Gasteiger partial charge in [-0.1, -0.05) is 12.1 Å². The Labute approximate surface area is 136 Å². The number of methoxy groups -OCH3 is 1. The summed E-state index contributed by atoms with van der Waals surface area (Å²) in [5.74, 6) is -2.18. The average Bonchev–Trinajstić information content (AvgIpc) is 3.14. The summed E-state index contributed by atoms with van der Waals surface area (Å²) < 4.78 is 39.2. The maximum absolute atomic E-state index is 14.0. The van der Waals surface area contributed by atoms with Crippen molar-refractivity contribution in [2.24, 2.45) is 0 Å². The van der Waals surface area contributed by atoms with E-state index in [4.69, 9.17) is 9.15 Å². The first-order valence-electron chi connectivity index (χ1n) is 7.38. The molecule has 0 atom stereocenters. The Bertz CT molecular complexity index is 870. The number of halogens is 2. The molecule has 24 heavy (non-hydrogen) atoms. The van der Waals surface area contributed by atoms with Crippen molar-refractivity contribution >= 4 is 17.0 Å². The first-order chi connectivity index (χ1) is 11.6. The molecule has 0 unspecified atom stereocenters. The fraction of sp³-hybridized carbons (Fsp3) is 0.235. The Kier molecular flexibility index (Phi) is 4.61. The van der Waals surface area contributed by atoms with Gasteiger partial charge in [-0.25, -0.2) is 8.78 Å². The SMILES string of the molecule is COCCNC(=O)c1cc2occc2n1Cc1cccc(F)c1F. The average molecular weight is 334 g/mol. The van der Waals surface area contributed by atoms with Crippen LogP contribution in [-0.4, -0.2) is 30.7 Å². The van der Waals surface area contributed by atoms with E-state index in [0.29, 0.717) is 29.9 Å². The predicted octanol–water partition coefficient (Wildman–Crippen LogP) is 2.94. The number of hydrogen-bond acceptors (Lipinski definition) is 3. The zero-order valence-electron chi connectivity index (χ0n) is 13.0. The first-order valence-corrected chi connectivity index (χ1v) is 7.38. The van der Waals surface area contributed by atoms with E-state index in [0.717, 1.165) is 6.07 Å². The van der Waals surface area contributed by atoms with Crippen LogP contribution in [0.15, 0.2) is 41.0 Å². The molecule has 1 N–H and O–H groups in total. The van der Waals surface area contributed by atoms with Crippen LogP contribution in [0.2, 0.25) is 0 Å². The third-order valence-corrected chi connectivity index (χ3v) is 3.71. The van der Waals surface area contributed by atoms with Crippen molar-refractivity contribution in [1.29, 1.82) is 0 Å². The number of nitrogens with one attached hydrogen (secondary N) is 1. The van der Waals surface area contributed by atoms with Crippen molar-refractivity contribution in [3.8, 4) is 0 Å². The van der Waals surface area contributed by atoms with Crippen LogP contribution in [0.3, 0.4) is 0 Å². The zero-order chi connectivity index (χ0) is 17.1. The van der Waals surface area contributed by atoms with E-state index in [2.05, 4.69) is 5.32 Å². The fourth-order valence-electron chi connectivity index (χ4n) is 2.53. The summed E-state index contributed by atoms with van der Waals surface area (Å²) in [6.07, 6.45) is 1.48. The van der Waals surface area contributed by atoms with E-state index in [1.807, 2.05) is 0 Å². The second-order valence-corrected chi connectivity index (χ2v) is 5.25. The summed E-state index contributed by atoms with van der Waals surface area (Å²) in [4.78, 5) is 12.4. The zero-order valence-corrected chi connectivity index (χ0v) is 13.0. The minimum atomic E-state index is -0.923. The Morgan fingerprint density at radius 2 is 2.17 bits per heavy atom. The molecule has 3 rings (SSSR count). The van der Waals surface area contributed by atoms with Crippen molar-refractivity contribution in [3.63, 3.8) is 0 Å². The molecule has 126 valence electrons. The number of aromatic nitrogens is 1. The smallest absolute Gasteiger partial charge is 0.268 e. The molecule has 0 saturated heterocycles. The summed E-state index contributed by atoms with van der Waals surface area (Å²) in [6.45, 7) is 0.733. The highest BCUT2D eigenvalue weighted by Gasteiger charge is 2.19. The minimum Gasteiger partial charge on any atom is -0.463 e. The van der Waals surface area contributed by atoms with Crippen molar-refractivity contribution < 1.29 is 22.7 Å². The van der Waals surface area contributed by atoms with Crippen LogP contribution >= 0.6 is 0 Å². The second kappa shape index (κ2) is 6.84. The molecule has 0 aliphatic heterocycles. The van der Waals surface area contributed by atoms with Crippen molar-refractivity contribution in [3.05, 3.63) is 59.5 Å². The number of fused-ring (bicyclic) bond motifs is 1. The van der Waals surface area contributed by atoms with Crippen LogP contribution in [0.4, 0.5) is 8.78 Å². The first kappa shape index (κ1) is 16.2. The number of hydrogen-bond donors (Lipinski definition) is 1. The monoisotopic (exact) mass is 334 g/mol. The minimum absolute atomic E-state index is 0.0135. The summed E-state index contributed by atoms with van der Waals surface area (Å²) in [7, 11) is 1.54. The lowest BCUT2D eigenvalue weighted by atomic mass is 10.2. The highest BCUT2D eigenvalue weighted by Crippen LogP contribution is 2.23. The largest absolute Gasteiger partial charge is 0.463 e. The van der Waals surface area contributed by atoms with Gasteiger partial charge in [-0.3, -0.25) is 4.79 Å². The van der Waals surface area contributed by atoms with E-state index in [9.17, 15) is 13.6 Å². The van der Waals surface area contributed by atoms with Gasteiger partial charge in [0.1, 0.15) is 5.69 Å². The van der Waals surface area contributed by atoms with Crippen LogP contribution < -0.4 is 5.32 Å². The number of carbonyl (C=O) groups excluding carboxylic acids is 1. The van der Waals surface area contributed by atoms with Crippen LogP contribution in [0.25, 0.3) is 11.1 Å². The maximum Gasteiger partial charge on any atom is 0.268 e. The van der Waals surface area contributed by atoms with Gasteiger partial charge in [-0.05, 0) is 6.07 Å². The van der Waals surface area contributed by atoms with Crippen LogP contribution in [0, 0.1) is 11.6 Å². The van der Waals surface area contributed by atoms with Crippen LogP contribution in [0.5, 0.6) is 0 Å². The molecular weight excluding hydrogens is 318 g/mol. The summed E-state index contributed by atoms with van der Waals surface area (Å²) in [5, 5.41) is 2.71. The van der Waals surface area contributed by atoms with Crippen molar-refractivity contribution in [1.82, 2.24) is 9.88 Å². The quantitative estimate of drug-likeness (QED) is 0.705. The number of amides is 1. The second-order valence-electron chi connectivity index (χ2n) is 5.25. The van der Waals surface area contributed by atoms with Gasteiger partial charge in [0.15, 0.2) is 17.2 Å². The van der Waals surface area contributed by atoms with E-state index >= 15 is 0 Å². The Morgan fingerprint density at radius 3 is 2.96 bits per heavy atom. The lowest BCUT2D eigenvalue weighted by Gasteiger charge is -2.11.